The van der Waals surface area contributed by atoms with Gasteiger partial charge in [0.05, 0.1) is 13.1 Å². The highest BCUT2D eigenvalue weighted by molar-refractivity contribution is 5.70. The van der Waals surface area contributed by atoms with Crippen molar-refractivity contribution in [2.45, 2.75) is 39.8 Å². The second-order valence-electron chi connectivity index (χ2n) is 7.60. The Hall–Kier alpha value is -2.90. The first-order valence-electron chi connectivity index (χ1n) is 9.70. The van der Waals surface area contributed by atoms with Gasteiger partial charge in [-0.05, 0) is 30.7 Å². The molecule has 0 unspecified atom stereocenters. The van der Waals surface area contributed by atoms with Gasteiger partial charge in [0.1, 0.15) is 11.5 Å². The molecule has 0 fully saturated rings. The molecule has 1 aromatic carbocycles. The van der Waals surface area contributed by atoms with Crippen molar-refractivity contribution in [1.82, 2.24) is 14.1 Å². The largest absolute Gasteiger partial charge is 0.364 e. The van der Waals surface area contributed by atoms with Crippen molar-refractivity contribution in [2.75, 3.05) is 11.4 Å². The minimum absolute atomic E-state index is 0.262. The summed E-state index contributed by atoms with van der Waals surface area (Å²) in [5.74, 6) is 0.724. The first-order chi connectivity index (χ1) is 13.4. The maximum Gasteiger partial charge on any atom is 0.364 e. The molecule has 3 aromatic rings. The predicted octanol–water partition coefficient (Wildman–Crippen LogP) is 2.04. The molecule has 4 rings (SSSR count). The van der Waals surface area contributed by atoms with Crippen molar-refractivity contribution >= 4 is 22.8 Å². The molecule has 0 radical (unpaired) electrons. The van der Waals surface area contributed by atoms with Gasteiger partial charge in [0.2, 0.25) is 11.2 Å². The number of unbranched alkanes of at least 4 members (excludes halogenated alkanes) is 1. The van der Waals surface area contributed by atoms with Gasteiger partial charge >= 0.3 is 11.6 Å². The van der Waals surface area contributed by atoms with Crippen molar-refractivity contribution < 1.29 is 8.96 Å². The Morgan fingerprint density at radius 3 is 2.64 bits per heavy atom. The third-order valence-electron chi connectivity index (χ3n) is 5.40. The zero-order chi connectivity index (χ0) is 20.0. The molecule has 0 bridgehead atoms. The van der Waals surface area contributed by atoms with Crippen molar-refractivity contribution in [2.24, 2.45) is 13.0 Å². The fraction of sp³-hybridized carbons (Fsp3) is 0.450. The zero-order valence-electron chi connectivity index (χ0n) is 16.4. The molecule has 8 heteroatoms. The van der Waals surface area contributed by atoms with Crippen LogP contribution in [0.1, 0.15) is 26.7 Å². The minimum atomic E-state index is -0.313. The molecule has 0 aliphatic carbocycles. The lowest BCUT2D eigenvalue weighted by molar-refractivity contribution is -0.669. The predicted molar refractivity (Wildman–Crippen MR) is 105 cm³/mol. The molecule has 3 heterocycles. The highest BCUT2D eigenvalue weighted by Crippen LogP contribution is 2.27. The van der Waals surface area contributed by atoms with E-state index < -0.39 is 0 Å². The van der Waals surface area contributed by atoms with E-state index in [-0.39, 0.29) is 23.0 Å². The van der Waals surface area contributed by atoms with E-state index in [4.69, 9.17) is 0 Å². The Kier molecular flexibility index (Phi) is 4.56. The minimum Gasteiger partial charge on any atom is -0.267 e. The Morgan fingerprint density at radius 2 is 1.96 bits per heavy atom. The van der Waals surface area contributed by atoms with Crippen LogP contribution < -0.4 is 20.7 Å². The van der Waals surface area contributed by atoms with Crippen LogP contribution in [0.3, 0.4) is 0 Å². The van der Waals surface area contributed by atoms with Crippen molar-refractivity contribution in [1.29, 1.82) is 0 Å². The van der Waals surface area contributed by atoms with E-state index >= 15 is 0 Å². The molecular formula is C20H25FN5O2+. The molecule has 0 saturated heterocycles. The van der Waals surface area contributed by atoms with Gasteiger partial charge in [0, 0.05) is 19.5 Å². The average Bonchev–Trinajstić information content (AvgIpc) is 3.06. The summed E-state index contributed by atoms with van der Waals surface area (Å²) in [7, 11) is 1.68. The number of hydrogen-bond acceptors (Lipinski definition) is 3. The average molecular weight is 386 g/mol. The van der Waals surface area contributed by atoms with E-state index in [9.17, 15) is 14.0 Å². The maximum absolute atomic E-state index is 13.4. The summed E-state index contributed by atoms with van der Waals surface area (Å²) in [4.78, 5) is 31.2. The van der Waals surface area contributed by atoms with Crippen LogP contribution in [0, 0.1) is 11.7 Å². The number of benzene rings is 1. The van der Waals surface area contributed by atoms with Crippen LogP contribution in [0.15, 0.2) is 33.9 Å². The fourth-order valence-electron chi connectivity index (χ4n) is 3.94. The van der Waals surface area contributed by atoms with Gasteiger partial charge in [-0.3, -0.25) is 13.9 Å². The Bertz CT molecular complexity index is 1140. The zero-order valence-corrected chi connectivity index (χ0v) is 16.4. The first kappa shape index (κ1) is 18.5. The molecule has 148 valence electrons. The third-order valence-corrected chi connectivity index (χ3v) is 5.40. The number of H-pyrrole nitrogens is 1. The SMILES string of the molecule is CCCCn1c(=O)c2c([nH]c3[n+]2C[C@H](C)CN3c2ccc(F)cc2)n(C)c1=O. The lowest BCUT2D eigenvalue weighted by Crippen LogP contribution is -2.52. The van der Waals surface area contributed by atoms with Crippen LogP contribution >= 0.6 is 0 Å². The molecule has 2 aromatic heterocycles. The van der Waals surface area contributed by atoms with E-state index in [2.05, 4.69) is 11.9 Å². The molecule has 0 spiro atoms. The maximum atomic E-state index is 13.4. The number of aryl methyl sites for hydroxylation is 1. The van der Waals surface area contributed by atoms with E-state index in [1.165, 1.54) is 21.3 Å². The van der Waals surface area contributed by atoms with Gasteiger partial charge < -0.3 is 0 Å². The number of imidazole rings is 1. The van der Waals surface area contributed by atoms with Crippen molar-refractivity contribution in [3.8, 4) is 0 Å². The van der Waals surface area contributed by atoms with Crippen molar-refractivity contribution in [3.05, 3.63) is 50.9 Å². The van der Waals surface area contributed by atoms with Gasteiger partial charge in [-0.1, -0.05) is 20.3 Å². The Morgan fingerprint density at radius 1 is 1.25 bits per heavy atom. The number of rotatable bonds is 4. The lowest BCUT2D eigenvalue weighted by atomic mass is 10.1. The van der Waals surface area contributed by atoms with Crippen LogP contribution in [0.2, 0.25) is 0 Å². The molecule has 1 aliphatic heterocycles. The smallest absolute Gasteiger partial charge is 0.267 e. The second-order valence-corrected chi connectivity index (χ2v) is 7.60. The Balaban J connectivity index is 1.96. The standard InChI is InChI=1S/C20H24FN5O2/c1-4-5-10-24-18(27)16-17(23(3)20(24)28)22-19-25(11-13(2)12-26(16)19)15-8-6-14(21)7-9-15/h6-9,13H,4-5,10-12H2,1-3H3/p+1/t13-/m1/s1. The van der Waals surface area contributed by atoms with Gasteiger partial charge in [-0.15, -0.1) is 0 Å². The summed E-state index contributed by atoms with van der Waals surface area (Å²) in [5, 5.41) is 0. The quantitative estimate of drug-likeness (QED) is 0.698. The number of aromatic nitrogens is 4. The molecule has 1 aliphatic rings. The third kappa shape index (κ3) is 2.83. The summed E-state index contributed by atoms with van der Waals surface area (Å²) in [6.45, 7) is 5.96. The second kappa shape index (κ2) is 6.92. The van der Waals surface area contributed by atoms with Gasteiger partial charge in [-0.2, -0.15) is 0 Å². The number of halogens is 1. The normalized spacial score (nSPS) is 16.6. The summed E-state index contributed by atoms with van der Waals surface area (Å²) < 4.78 is 18.2. The van der Waals surface area contributed by atoms with E-state index in [0.717, 1.165) is 31.0 Å². The van der Waals surface area contributed by atoms with Crippen LogP contribution in [0.5, 0.6) is 0 Å². The highest BCUT2D eigenvalue weighted by atomic mass is 19.1. The molecular weight excluding hydrogens is 361 g/mol. The van der Waals surface area contributed by atoms with Crippen LogP contribution in [0.4, 0.5) is 16.0 Å². The summed E-state index contributed by atoms with van der Waals surface area (Å²) in [6.07, 6.45) is 1.68. The Labute approximate surface area is 161 Å². The molecule has 0 amide bonds. The molecule has 0 saturated carbocycles. The van der Waals surface area contributed by atoms with Crippen LogP contribution in [0.25, 0.3) is 11.2 Å². The summed E-state index contributed by atoms with van der Waals surface area (Å²) >= 11 is 0. The van der Waals surface area contributed by atoms with Gasteiger partial charge in [0.25, 0.3) is 5.56 Å². The van der Waals surface area contributed by atoms with Gasteiger partial charge in [-0.25, -0.2) is 23.6 Å². The highest BCUT2D eigenvalue weighted by Gasteiger charge is 2.35. The van der Waals surface area contributed by atoms with Crippen molar-refractivity contribution in [3.63, 3.8) is 0 Å². The van der Waals surface area contributed by atoms with E-state index in [1.807, 2.05) is 16.4 Å². The number of aromatic amines is 1. The number of anilines is 2. The molecule has 1 atom stereocenters. The van der Waals surface area contributed by atoms with E-state index in [0.29, 0.717) is 24.3 Å². The van der Waals surface area contributed by atoms with E-state index in [1.54, 1.807) is 19.2 Å². The lowest BCUT2D eigenvalue weighted by Gasteiger charge is -2.26. The number of fused-ring (bicyclic) bond motifs is 3. The number of hydrogen-bond donors (Lipinski definition) is 1. The monoisotopic (exact) mass is 386 g/mol. The molecule has 7 nitrogen and oxygen atoms in total. The summed E-state index contributed by atoms with van der Waals surface area (Å²) in [5.41, 5.74) is 1.28. The fourth-order valence-corrected chi connectivity index (χ4v) is 3.94. The molecule has 28 heavy (non-hydrogen) atoms. The summed E-state index contributed by atoms with van der Waals surface area (Å²) in [6, 6.07) is 6.30. The van der Waals surface area contributed by atoms with Crippen LogP contribution in [-0.2, 0) is 20.1 Å². The van der Waals surface area contributed by atoms with Crippen LogP contribution in [-0.4, -0.2) is 20.7 Å². The topological polar surface area (TPSA) is 66.9 Å². The van der Waals surface area contributed by atoms with Gasteiger partial charge in [0.15, 0.2) is 0 Å². The number of nitrogens with zero attached hydrogens (tertiary/aromatic N) is 4. The number of nitrogens with one attached hydrogen (secondary N) is 1. The first-order valence-corrected chi connectivity index (χ1v) is 9.70. The molecule has 1 N–H and O–H groups in total.